The zero-order valence-electron chi connectivity index (χ0n) is 19.3. The number of methoxy groups -OCH3 is 1. The molecule has 0 unspecified atom stereocenters. The molecule has 2 aliphatic rings. The second kappa shape index (κ2) is 10.3. The molecule has 5 heterocycles. The highest BCUT2D eigenvalue weighted by molar-refractivity contribution is 8.00. The number of carbonyl (C=O) groups excluding carboxylic acids is 1. The molecular weight excluding hydrogens is 470 g/mol. The van der Waals surface area contributed by atoms with Crippen LogP contribution < -0.4 is 20.9 Å². The van der Waals surface area contributed by atoms with Crippen molar-refractivity contribution in [2.45, 2.75) is 24.1 Å². The average molecular weight is 498 g/mol. The van der Waals surface area contributed by atoms with Crippen molar-refractivity contribution in [3.05, 3.63) is 46.6 Å². The number of likely N-dealkylation sites (tertiary alicyclic amines) is 1. The van der Waals surface area contributed by atoms with Gasteiger partial charge in [-0.3, -0.25) is 14.5 Å². The van der Waals surface area contributed by atoms with Crippen LogP contribution in [0.1, 0.15) is 5.69 Å². The fourth-order valence-corrected chi connectivity index (χ4v) is 5.18. The zero-order valence-corrected chi connectivity index (χ0v) is 20.1. The van der Waals surface area contributed by atoms with Crippen molar-refractivity contribution in [2.75, 3.05) is 44.4 Å². The van der Waals surface area contributed by atoms with E-state index in [9.17, 15) is 14.7 Å². The number of nitrogens with zero attached hydrogens (tertiary/aromatic N) is 5. The smallest absolute Gasteiger partial charge is 0.269 e. The van der Waals surface area contributed by atoms with Gasteiger partial charge in [-0.15, -0.1) is 11.8 Å². The van der Waals surface area contributed by atoms with Gasteiger partial charge in [0.25, 0.3) is 5.56 Å². The monoisotopic (exact) mass is 497 g/mol. The Bertz CT molecular complexity index is 1300. The van der Waals surface area contributed by atoms with Crippen LogP contribution in [0.15, 0.2) is 40.3 Å². The van der Waals surface area contributed by atoms with Gasteiger partial charge < -0.3 is 25.0 Å². The summed E-state index contributed by atoms with van der Waals surface area (Å²) in [6.07, 6.45) is 2.40. The van der Waals surface area contributed by atoms with E-state index in [0.29, 0.717) is 61.2 Å². The van der Waals surface area contributed by atoms with Gasteiger partial charge in [-0.1, -0.05) is 0 Å². The molecule has 5 rings (SSSR count). The van der Waals surface area contributed by atoms with E-state index in [1.54, 1.807) is 23.9 Å². The lowest BCUT2D eigenvalue weighted by atomic mass is 10.1. The number of rotatable bonds is 8. The van der Waals surface area contributed by atoms with E-state index in [1.807, 2.05) is 12.1 Å². The van der Waals surface area contributed by atoms with Crippen LogP contribution in [0.3, 0.4) is 0 Å². The van der Waals surface area contributed by atoms with Crippen LogP contribution >= 0.6 is 11.8 Å². The van der Waals surface area contributed by atoms with Crippen LogP contribution in [0.4, 0.5) is 5.82 Å². The number of nitrogens with one attached hydrogen (secondary N) is 2. The molecule has 0 saturated carbocycles. The predicted molar refractivity (Wildman–Crippen MR) is 132 cm³/mol. The topological polar surface area (TPSA) is 134 Å². The Hall–Kier alpha value is -3.06. The Morgan fingerprint density at radius 2 is 2.09 bits per heavy atom. The molecule has 2 aliphatic heterocycles. The van der Waals surface area contributed by atoms with Crippen LogP contribution in [-0.4, -0.2) is 80.6 Å². The third-order valence-electron chi connectivity index (χ3n) is 6.28. The number of carbonyl (C=O) groups is 1. The normalized spacial score (nSPS) is 20.1. The molecule has 12 heteroatoms. The van der Waals surface area contributed by atoms with Crippen LogP contribution in [0, 0.1) is 5.92 Å². The van der Waals surface area contributed by atoms with Crippen molar-refractivity contribution in [2.24, 2.45) is 5.92 Å². The second-order valence-electron chi connectivity index (χ2n) is 8.67. The molecule has 3 aromatic rings. The van der Waals surface area contributed by atoms with Gasteiger partial charge in [0.1, 0.15) is 11.6 Å². The van der Waals surface area contributed by atoms with Gasteiger partial charge in [0.05, 0.1) is 47.5 Å². The first-order valence-corrected chi connectivity index (χ1v) is 12.4. The molecule has 1 amide bonds. The quantitative estimate of drug-likeness (QED) is 0.399. The second-order valence-corrected chi connectivity index (χ2v) is 9.69. The maximum Gasteiger partial charge on any atom is 0.269 e. The van der Waals surface area contributed by atoms with E-state index >= 15 is 0 Å². The standard InChI is InChI=1S/C23H27N7O4S/c1-34-16-6-17-22(25-9-16)26-10-21(33)30(17)5-4-29-11-14(18(31)12-29)7-24-8-15-2-3-19-23(27-15)28-20(32)13-35-19/h2-3,6,9-10,14,18,24,31H,4-5,7-8,11-13H2,1H3,(H,27,28,32)/t14-,18+/m0/s1. The molecule has 184 valence electrons. The van der Waals surface area contributed by atoms with Gasteiger partial charge in [-0.05, 0) is 12.1 Å². The highest BCUT2D eigenvalue weighted by Crippen LogP contribution is 2.29. The molecule has 0 spiro atoms. The van der Waals surface area contributed by atoms with E-state index in [4.69, 9.17) is 4.74 Å². The Kier molecular flexibility index (Phi) is 6.95. The largest absolute Gasteiger partial charge is 0.495 e. The molecule has 3 aromatic heterocycles. The lowest BCUT2D eigenvalue weighted by molar-refractivity contribution is -0.113. The number of aromatic nitrogens is 4. The van der Waals surface area contributed by atoms with Crippen molar-refractivity contribution in [1.29, 1.82) is 0 Å². The van der Waals surface area contributed by atoms with Gasteiger partial charge in [0.2, 0.25) is 5.91 Å². The van der Waals surface area contributed by atoms with Crippen LogP contribution in [0.25, 0.3) is 11.2 Å². The fraction of sp³-hybridized carbons (Fsp3) is 0.435. The summed E-state index contributed by atoms with van der Waals surface area (Å²) in [5.41, 5.74) is 1.76. The number of thioether (sulfide) groups is 1. The lowest BCUT2D eigenvalue weighted by Crippen LogP contribution is -2.31. The predicted octanol–water partition coefficient (Wildman–Crippen LogP) is 0.322. The molecule has 0 aromatic carbocycles. The van der Waals surface area contributed by atoms with E-state index < -0.39 is 6.10 Å². The Morgan fingerprint density at radius 3 is 2.94 bits per heavy atom. The van der Waals surface area contributed by atoms with Crippen LogP contribution in [-0.2, 0) is 17.9 Å². The highest BCUT2D eigenvalue weighted by atomic mass is 32.2. The number of amides is 1. The SMILES string of the molecule is COc1cnc2ncc(=O)n(CCN3C[C@H](CNCc4ccc5c(n4)NC(=O)CS5)[C@H](O)C3)c2c1. The average Bonchev–Trinajstić information content (AvgIpc) is 3.21. The minimum Gasteiger partial charge on any atom is -0.495 e. The first-order chi connectivity index (χ1) is 17.0. The van der Waals surface area contributed by atoms with Gasteiger partial charge in [-0.25, -0.2) is 15.0 Å². The number of hydrogen-bond acceptors (Lipinski definition) is 10. The zero-order chi connectivity index (χ0) is 24.4. The molecule has 1 fully saturated rings. The number of ether oxygens (including phenoxy) is 1. The van der Waals surface area contributed by atoms with E-state index in [0.717, 1.165) is 17.1 Å². The van der Waals surface area contributed by atoms with Crippen molar-refractivity contribution >= 4 is 34.7 Å². The molecule has 0 bridgehead atoms. The van der Waals surface area contributed by atoms with E-state index in [-0.39, 0.29) is 17.4 Å². The summed E-state index contributed by atoms with van der Waals surface area (Å²) in [4.78, 5) is 40.1. The maximum atomic E-state index is 12.5. The molecule has 11 nitrogen and oxygen atoms in total. The molecule has 35 heavy (non-hydrogen) atoms. The van der Waals surface area contributed by atoms with Gasteiger partial charge in [0, 0.05) is 51.3 Å². The summed E-state index contributed by atoms with van der Waals surface area (Å²) in [6, 6.07) is 5.70. The molecule has 0 aliphatic carbocycles. The first-order valence-electron chi connectivity index (χ1n) is 11.4. The Morgan fingerprint density at radius 1 is 1.23 bits per heavy atom. The summed E-state index contributed by atoms with van der Waals surface area (Å²) in [5.74, 6) is 1.63. The third-order valence-corrected chi connectivity index (χ3v) is 7.33. The number of hydrogen-bond donors (Lipinski definition) is 3. The van der Waals surface area contributed by atoms with Crippen molar-refractivity contribution in [1.82, 2.24) is 29.7 Å². The van der Waals surface area contributed by atoms with Crippen molar-refractivity contribution < 1.29 is 14.6 Å². The van der Waals surface area contributed by atoms with Gasteiger partial charge >= 0.3 is 0 Å². The number of pyridine rings is 2. The number of aliphatic hydroxyl groups is 1. The molecule has 1 saturated heterocycles. The van der Waals surface area contributed by atoms with E-state index in [1.165, 1.54) is 18.0 Å². The number of β-amino-alcohol motifs (C(OH)–C–C–N with tert-alkyl or cyclic N) is 1. The van der Waals surface area contributed by atoms with Crippen molar-refractivity contribution in [3.8, 4) is 5.75 Å². The molecular formula is C23H27N7O4S. The lowest BCUT2D eigenvalue weighted by Gasteiger charge is -2.18. The summed E-state index contributed by atoms with van der Waals surface area (Å²) in [6.45, 7) is 3.53. The first kappa shape index (κ1) is 23.7. The summed E-state index contributed by atoms with van der Waals surface area (Å²) < 4.78 is 6.89. The summed E-state index contributed by atoms with van der Waals surface area (Å²) in [7, 11) is 1.56. The van der Waals surface area contributed by atoms with E-state index in [2.05, 4.69) is 30.5 Å². The summed E-state index contributed by atoms with van der Waals surface area (Å²) in [5, 5.41) is 16.8. The van der Waals surface area contributed by atoms with Crippen molar-refractivity contribution in [3.63, 3.8) is 0 Å². The number of anilines is 1. The molecule has 2 atom stereocenters. The third kappa shape index (κ3) is 5.30. The molecule has 0 radical (unpaired) electrons. The summed E-state index contributed by atoms with van der Waals surface area (Å²) >= 11 is 1.49. The minimum absolute atomic E-state index is 0.0355. The van der Waals surface area contributed by atoms with Crippen LogP contribution in [0.2, 0.25) is 0 Å². The number of fused-ring (bicyclic) bond motifs is 2. The van der Waals surface area contributed by atoms with Gasteiger partial charge in [0.15, 0.2) is 5.65 Å². The Labute approximate surface area is 205 Å². The minimum atomic E-state index is -0.456. The number of aliphatic hydroxyl groups excluding tert-OH is 1. The van der Waals surface area contributed by atoms with Gasteiger partial charge in [-0.2, -0.15) is 0 Å². The molecule has 3 N–H and O–H groups in total. The fourth-order valence-electron chi connectivity index (χ4n) is 4.43. The van der Waals surface area contributed by atoms with Crippen LogP contribution in [0.5, 0.6) is 5.75 Å². The highest BCUT2D eigenvalue weighted by Gasteiger charge is 2.30. The maximum absolute atomic E-state index is 12.5. The Balaban J connectivity index is 1.16.